The summed E-state index contributed by atoms with van der Waals surface area (Å²) in [5.74, 6) is 2.08. The van der Waals surface area contributed by atoms with Crippen LogP contribution < -0.4 is 14.8 Å². The Kier molecular flexibility index (Phi) is 6.34. The second kappa shape index (κ2) is 9.05. The number of hydrogen-bond donors (Lipinski definition) is 1. The van der Waals surface area contributed by atoms with E-state index < -0.39 is 11.7 Å². The molecular formula is C24H26F3N3O3. The molecule has 1 heterocycles. The second-order valence-electron chi connectivity index (χ2n) is 8.34. The van der Waals surface area contributed by atoms with Gasteiger partial charge in [-0.05, 0) is 50.5 Å². The molecule has 0 radical (unpaired) electrons. The number of nitrogens with zero attached hydrogens (tertiary/aromatic N) is 2. The number of halogens is 3. The number of rotatable bonds is 9. The molecule has 1 N–H and O–H groups in total. The number of fused-ring (bicyclic) bond motifs is 1. The van der Waals surface area contributed by atoms with Gasteiger partial charge in [-0.1, -0.05) is 12.1 Å². The van der Waals surface area contributed by atoms with Crippen LogP contribution in [0.3, 0.4) is 0 Å². The van der Waals surface area contributed by atoms with Gasteiger partial charge in [-0.3, -0.25) is 0 Å². The smallest absolute Gasteiger partial charge is 0.416 e. The first-order chi connectivity index (χ1) is 15.7. The minimum Gasteiger partial charge on any atom is -0.493 e. The van der Waals surface area contributed by atoms with Crippen LogP contribution in [0.15, 0.2) is 36.4 Å². The van der Waals surface area contributed by atoms with Gasteiger partial charge in [0.2, 0.25) is 0 Å². The lowest BCUT2D eigenvalue weighted by atomic mass is 10.1. The molecule has 0 saturated heterocycles. The lowest BCUT2D eigenvalue weighted by Crippen LogP contribution is -2.15. The molecule has 0 unspecified atom stereocenters. The maximum Gasteiger partial charge on any atom is 0.416 e. The van der Waals surface area contributed by atoms with E-state index in [9.17, 15) is 13.2 Å². The molecule has 33 heavy (non-hydrogen) atoms. The Labute approximate surface area is 190 Å². The quantitative estimate of drug-likeness (QED) is 0.423. The van der Waals surface area contributed by atoms with Crippen LogP contribution in [0.4, 0.5) is 19.0 Å². The number of nitrogens with one attached hydrogen (secondary N) is 1. The van der Waals surface area contributed by atoms with Crippen molar-refractivity contribution in [3.63, 3.8) is 0 Å². The van der Waals surface area contributed by atoms with Crippen LogP contribution in [-0.4, -0.2) is 35.9 Å². The number of aryl methyl sites for hydroxylation is 1. The third kappa shape index (κ3) is 5.65. The van der Waals surface area contributed by atoms with Gasteiger partial charge >= 0.3 is 6.18 Å². The molecule has 0 spiro atoms. The summed E-state index contributed by atoms with van der Waals surface area (Å²) in [4.78, 5) is 8.92. The van der Waals surface area contributed by atoms with E-state index in [1.807, 2.05) is 0 Å². The van der Waals surface area contributed by atoms with Crippen molar-refractivity contribution in [3.05, 3.63) is 53.3 Å². The molecule has 1 aromatic heterocycles. The van der Waals surface area contributed by atoms with E-state index in [-0.39, 0.29) is 12.1 Å². The summed E-state index contributed by atoms with van der Waals surface area (Å²) in [6.45, 7) is 4.82. The molecular weight excluding hydrogens is 435 g/mol. The Morgan fingerprint density at radius 1 is 1.06 bits per heavy atom. The Morgan fingerprint density at radius 2 is 1.85 bits per heavy atom. The Hall–Kier alpha value is -3.07. The number of alkyl halides is 3. The first-order valence-electron chi connectivity index (χ1n) is 10.7. The first-order valence-corrected chi connectivity index (χ1v) is 10.7. The average molecular weight is 461 g/mol. The van der Waals surface area contributed by atoms with Gasteiger partial charge in [0.05, 0.1) is 30.4 Å². The predicted molar refractivity (Wildman–Crippen MR) is 119 cm³/mol. The standard InChI is InChI=1S/C24H26F3N3O3/c1-15-29-19-13-20(31-3)21(32-9-10-33-23(2)7-8-23)12-18(19)22(30-15)28-14-16-5-4-6-17(11-16)24(25,26)27/h4-6,11-13H,7-10,14H2,1-3H3,(H,28,29,30). The molecule has 3 aromatic rings. The van der Waals surface area contributed by atoms with Gasteiger partial charge in [0.25, 0.3) is 0 Å². The molecule has 4 rings (SSSR count). The molecule has 0 aliphatic heterocycles. The maximum absolute atomic E-state index is 13.0. The predicted octanol–water partition coefficient (Wildman–Crippen LogP) is 5.53. The van der Waals surface area contributed by atoms with E-state index in [1.165, 1.54) is 6.07 Å². The molecule has 0 amide bonds. The van der Waals surface area contributed by atoms with Crippen molar-refractivity contribution in [2.75, 3.05) is 25.6 Å². The topological polar surface area (TPSA) is 65.5 Å². The summed E-state index contributed by atoms with van der Waals surface area (Å²) in [6, 6.07) is 8.75. The second-order valence-corrected chi connectivity index (χ2v) is 8.34. The molecule has 0 bridgehead atoms. The van der Waals surface area contributed by atoms with E-state index in [2.05, 4.69) is 22.2 Å². The van der Waals surface area contributed by atoms with E-state index in [0.717, 1.165) is 25.0 Å². The van der Waals surface area contributed by atoms with Crippen LogP contribution in [0.25, 0.3) is 10.9 Å². The van der Waals surface area contributed by atoms with Crippen LogP contribution in [0.2, 0.25) is 0 Å². The molecule has 1 fully saturated rings. The summed E-state index contributed by atoms with van der Waals surface area (Å²) in [5.41, 5.74) is 0.418. The Bertz CT molecular complexity index is 1150. The van der Waals surface area contributed by atoms with Gasteiger partial charge in [0, 0.05) is 18.0 Å². The van der Waals surface area contributed by atoms with Crippen LogP contribution in [-0.2, 0) is 17.5 Å². The zero-order valence-electron chi connectivity index (χ0n) is 18.8. The van der Waals surface area contributed by atoms with Gasteiger partial charge in [-0.2, -0.15) is 13.2 Å². The van der Waals surface area contributed by atoms with Crippen LogP contribution in [0, 0.1) is 6.92 Å². The highest BCUT2D eigenvalue weighted by atomic mass is 19.4. The molecule has 9 heteroatoms. The molecule has 1 aliphatic carbocycles. The summed E-state index contributed by atoms with van der Waals surface area (Å²) < 4.78 is 56.3. The van der Waals surface area contributed by atoms with Gasteiger partial charge < -0.3 is 19.5 Å². The fraction of sp³-hybridized carbons (Fsp3) is 0.417. The van der Waals surface area contributed by atoms with Crippen LogP contribution in [0.5, 0.6) is 11.5 Å². The summed E-state index contributed by atoms with van der Waals surface area (Å²) in [5, 5.41) is 3.82. The minimum absolute atomic E-state index is 0.0251. The minimum atomic E-state index is -4.39. The van der Waals surface area contributed by atoms with E-state index in [0.29, 0.717) is 52.8 Å². The van der Waals surface area contributed by atoms with Gasteiger partial charge in [0.1, 0.15) is 18.2 Å². The van der Waals surface area contributed by atoms with Crippen LogP contribution in [0.1, 0.15) is 36.7 Å². The third-order valence-corrected chi connectivity index (χ3v) is 5.55. The van der Waals surface area contributed by atoms with Gasteiger partial charge in [-0.25, -0.2) is 9.97 Å². The fourth-order valence-corrected chi connectivity index (χ4v) is 3.46. The Balaban J connectivity index is 1.55. The van der Waals surface area contributed by atoms with E-state index in [4.69, 9.17) is 14.2 Å². The molecule has 1 aliphatic rings. The zero-order chi connectivity index (χ0) is 23.6. The number of benzene rings is 2. The normalized spacial score (nSPS) is 14.8. The number of anilines is 1. The van der Waals surface area contributed by atoms with Crippen molar-refractivity contribution in [1.29, 1.82) is 0 Å². The highest BCUT2D eigenvalue weighted by Crippen LogP contribution is 2.39. The molecule has 0 atom stereocenters. The SMILES string of the molecule is COc1cc2nc(C)nc(NCc3cccc(C(F)(F)F)c3)c2cc1OCCOC1(C)CC1. The summed E-state index contributed by atoms with van der Waals surface area (Å²) in [6.07, 6.45) is -2.27. The number of aromatic nitrogens is 2. The number of ether oxygens (including phenoxy) is 3. The zero-order valence-corrected chi connectivity index (χ0v) is 18.8. The largest absolute Gasteiger partial charge is 0.493 e. The van der Waals surface area contributed by atoms with E-state index in [1.54, 1.807) is 32.2 Å². The Morgan fingerprint density at radius 3 is 2.55 bits per heavy atom. The monoisotopic (exact) mass is 461 g/mol. The van der Waals surface area contributed by atoms with Crippen molar-refractivity contribution in [2.45, 2.75) is 45.0 Å². The molecule has 1 saturated carbocycles. The van der Waals surface area contributed by atoms with Crippen molar-refractivity contribution in [2.24, 2.45) is 0 Å². The number of hydrogen-bond acceptors (Lipinski definition) is 6. The lowest BCUT2D eigenvalue weighted by molar-refractivity contribution is -0.137. The van der Waals surface area contributed by atoms with Crippen molar-refractivity contribution in [1.82, 2.24) is 9.97 Å². The van der Waals surface area contributed by atoms with Crippen molar-refractivity contribution >= 4 is 16.7 Å². The molecule has 176 valence electrons. The van der Waals surface area contributed by atoms with E-state index >= 15 is 0 Å². The summed E-state index contributed by atoms with van der Waals surface area (Å²) in [7, 11) is 1.55. The number of methoxy groups -OCH3 is 1. The van der Waals surface area contributed by atoms with Gasteiger partial charge in [0.15, 0.2) is 11.5 Å². The van der Waals surface area contributed by atoms with Gasteiger partial charge in [-0.15, -0.1) is 0 Å². The van der Waals surface area contributed by atoms with Crippen LogP contribution >= 0.6 is 0 Å². The molecule has 2 aromatic carbocycles. The maximum atomic E-state index is 13.0. The first kappa shape index (κ1) is 23.1. The van der Waals surface area contributed by atoms with Crippen molar-refractivity contribution < 1.29 is 27.4 Å². The highest BCUT2D eigenvalue weighted by molar-refractivity contribution is 5.91. The highest BCUT2D eigenvalue weighted by Gasteiger charge is 2.38. The van der Waals surface area contributed by atoms with Crippen molar-refractivity contribution in [3.8, 4) is 11.5 Å². The third-order valence-electron chi connectivity index (χ3n) is 5.55. The molecule has 6 nitrogen and oxygen atoms in total. The average Bonchev–Trinajstić information content (AvgIpc) is 3.51. The summed E-state index contributed by atoms with van der Waals surface area (Å²) >= 11 is 0. The fourth-order valence-electron chi connectivity index (χ4n) is 3.46. The lowest BCUT2D eigenvalue weighted by Gasteiger charge is -2.16.